The Kier molecular flexibility index (Phi) is 3.15. The molecule has 0 unspecified atom stereocenters. The number of pyridine rings is 1. The molecule has 0 spiro atoms. The van der Waals surface area contributed by atoms with Gasteiger partial charge in [0.2, 0.25) is 5.69 Å². The summed E-state index contributed by atoms with van der Waals surface area (Å²) in [6.45, 7) is 9.19. The molecule has 1 aromatic heterocycles. The maximum atomic E-state index is 12.7. The summed E-state index contributed by atoms with van der Waals surface area (Å²) in [4.78, 5) is 8.00. The van der Waals surface area contributed by atoms with Gasteiger partial charge in [-0.2, -0.15) is 0 Å². The van der Waals surface area contributed by atoms with Crippen molar-refractivity contribution in [3.63, 3.8) is 0 Å². The maximum Gasteiger partial charge on any atom is 0.265 e. The molecule has 0 saturated carbocycles. The number of benzene rings is 1. The molecule has 0 bridgehead atoms. The van der Waals surface area contributed by atoms with E-state index in [4.69, 9.17) is 6.57 Å². The molecule has 6 heteroatoms. The Balaban J connectivity index is 2.10. The van der Waals surface area contributed by atoms with Gasteiger partial charge >= 0.3 is 0 Å². The fraction of sp³-hybridized carbons (Fsp3) is 0.200. The van der Waals surface area contributed by atoms with Crippen LogP contribution in [-0.2, 0) is 16.4 Å². The number of sulfonamides is 1. The van der Waals surface area contributed by atoms with Gasteiger partial charge in [0.15, 0.2) is 0 Å². The van der Waals surface area contributed by atoms with Crippen LogP contribution in [0.3, 0.4) is 0 Å². The highest BCUT2D eigenvalue weighted by Gasteiger charge is 2.32. The average Bonchev–Trinajstić information content (AvgIpc) is 2.90. The third kappa shape index (κ3) is 2.16. The molecule has 0 fully saturated rings. The van der Waals surface area contributed by atoms with Gasteiger partial charge in [0, 0.05) is 12.2 Å². The van der Waals surface area contributed by atoms with Crippen LogP contribution in [0.15, 0.2) is 41.3 Å². The van der Waals surface area contributed by atoms with E-state index in [-0.39, 0.29) is 4.90 Å². The standard InChI is InChI=1S/C15H13N3O2S/c1-11-14(16-2)10-12-8-9-18(15(12)17-11)21(19,20)13-6-4-3-5-7-13/h3-7,10H,8-9H2,1H3. The second kappa shape index (κ2) is 4.86. The van der Waals surface area contributed by atoms with Gasteiger partial charge in [-0.1, -0.05) is 18.2 Å². The fourth-order valence-electron chi connectivity index (χ4n) is 2.42. The second-order valence-electron chi connectivity index (χ2n) is 4.83. The summed E-state index contributed by atoms with van der Waals surface area (Å²) in [7, 11) is -3.60. The Bertz CT molecular complexity index is 839. The molecular weight excluding hydrogens is 286 g/mol. The molecule has 1 aromatic carbocycles. The van der Waals surface area contributed by atoms with E-state index in [1.54, 1.807) is 43.3 Å². The van der Waals surface area contributed by atoms with Crippen LogP contribution in [0.1, 0.15) is 11.3 Å². The zero-order valence-corrected chi connectivity index (χ0v) is 12.3. The average molecular weight is 299 g/mol. The Hall–Kier alpha value is -2.39. The SMILES string of the molecule is [C-]#[N+]c1cc2c(nc1C)N(S(=O)(=O)c1ccccc1)CC2. The van der Waals surface area contributed by atoms with Crippen LogP contribution >= 0.6 is 0 Å². The smallest absolute Gasteiger partial charge is 0.249 e. The van der Waals surface area contributed by atoms with E-state index < -0.39 is 10.0 Å². The highest BCUT2D eigenvalue weighted by molar-refractivity contribution is 7.92. The van der Waals surface area contributed by atoms with Crippen molar-refractivity contribution in [3.8, 4) is 0 Å². The normalized spacial score (nSPS) is 13.8. The van der Waals surface area contributed by atoms with Crippen molar-refractivity contribution in [1.29, 1.82) is 0 Å². The third-order valence-electron chi connectivity index (χ3n) is 3.51. The Labute approximate surface area is 123 Å². The summed E-state index contributed by atoms with van der Waals surface area (Å²) in [6.07, 6.45) is 0.581. The lowest BCUT2D eigenvalue weighted by molar-refractivity contribution is 0.592. The summed E-state index contributed by atoms with van der Waals surface area (Å²) >= 11 is 0. The summed E-state index contributed by atoms with van der Waals surface area (Å²) in [5.74, 6) is 0.448. The molecule has 1 aliphatic rings. The van der Waals surface area contributed by atoms with Gasteiger partial charge in [-0.3, -0.25) is 0 Å². The largest absolute Gasteiger partial charge is 0.265 e. The van der Waals surface area contributed by atoms with Crippen molar-refractivity contribution in [2.45, 2.75) is 18.2 Å². The van der Waals surface area contributed by atoms with Crippen molar-refractivity contribution in [2.75, 3.05) is 10.8 Å². The minimum atomic E-state index is -3.60. The van der Waals surface area contributed by atoms with Crippen LogP contribution in [0.4, 0.5) is 11.5 Å². The fourth-order valence-corrected chi connectivity index (χ4v) is 3.89. The van der Waals surface area contributed by atoms with Crippen molar-refractivity contribution in [2.24, 2.45) is 0 Å². The first kappa shape index (κ1) is 13.6. The molecule has 0 atom stereocenters. The lowest BCUT2D eigenvalue weighted by Crippen LogP contribution is -2.29. The second-order valence-corrected chi connectivity index (χ2v) is 6.69. The molecular formula is C15H13N3O2S. The highest BCUT2D eigenvalue weighted by atomic mass is 32.2. The van der Waals surface area contributed by atoms with Crippen LogP contribution in [0.2, 0.25) is 0 Å². The third-order valence-corrected chi connectivity index (χ3v) is 5.32. The summed E-state index contributed by atoms with van der Waals surface area (Å²) in [6, 6.07) is 10.1. The van der Waals surface area contributed by atoms with E-state index in [1.165, 1.54) is 4.31 Å². The van der Waals surface area contributed by atoms with Crippen LogP contribution in [0.25, 0.3) is 4.85 Å². The van der Waals surface area contributed by atoms with E-state index in [0.717, 1.165) is 5.56 Å². The first-order chi connectivity index (χ1) is 10.0. The number of nitrogens with zero attached hydrogens (tertiary/aromatic N) is 3. The van der Waals surface area contributed by atoms with Crippen molar-refractivity contribution in [1.82, 2.24) is 4.98 Å². The lowest BCUT2D eigenvalue weighted by Gasteiger charge is -2.19. The lowest BCUT2D eigenvalue weighted by atomic mass is 10.2. The molecule has 0 saturated heterocycles. The van der Waals surface area contributed by atoms with Gasteiger partial charge in [0.25, 0.3) is 10.0 Å². The number of anilines is 1. The summed E-state index contributed by atoms with van der Waals surface area (Å²) in [5, 5.41) is 0. The zero-order chi connectivity index (χ0) is 15.0. The molecule has 2 aromatic rings. The first-order valence-corrected chi connectivity index (χ1v) is 7.94. The van der Waals surface area contributed by atoms with Crippen LogP contribution in [0.5, 0.6) is 0 Å². The van der Waals surface area contributed by atoms with Crippen molar-refractivity contribution in [3.05, 3.63) is 59.1 Å². The van der Waals surface area contributed by atoms with E-state index in [0.29, 0.717) is 30.2 Å². The number of aryl methyl sites for hydroxylation is 1. The molecule has 21 heavy (non-hydrogen) atoms. The van der Waals surface area contributed by atoms with Crippen LogP contribution < -0.4 is 4.31 Å². The van der Waals surface area contributed by atoms with Gasteiger partial charge in [-0.25, -0.2) is 22.6 Å². The molecule has 106 valence electrons. The number of aromatic nitrogens is 1. The van der Waals surface area contributed by atoms with Crippen LogP contribution in [0, 0.1) is 13.5 Å². The molecule has 0 aliphatic carbocycles. The van der Waals surface area contributed by atoms with Gasteiger partial charge in [-0.05, 0) is 37.1 Å². The predicted octanol–water partition coefficient (Wildman–Crippen LogP) is 2.69. The number of hydrogen-bond acceptors (Lipinski definition) is 3. The summed E-state index contributed by atoms with van der Waals surface area (Å²) < 4.78 is 26.7. The maximum absolute atomic E-state index is 12.7. The molecule has 5 nitrogen and oxygen atoms in total. The molecule has 0 radical (unpaired) electrons. The predicted molar refractivity (Wildman–Crippen MR) is 79.9 cm³/mol. The Morgan fingerprint density at radius 1 is 1.29 bits per heavy atom. The topological polar surface area (TPSA) is 54.6 Å². The number of fused-ring (bicyclic) bond motifs is 1. The van der Waals surface area contributed by atoms with Crippen molar-refractivity contribution >= 4 is 21.5 Å². The van der Waals surface area contributed by atoms with E-state index in [1.807, 2.05) is 0 Å². The van der Waals surface area contributed by atoms with Crippen LogP contribution in [-0.4, -0.2) is 19.9 Å². The van der Waals surface area contributed by atoms with Crippen molar-refractivity contribution < 1.29 is 8.42 Å². The van der Waals surface area contributed by atoms with E-state index in [2.05, 4.69) is 9.83 Å². The minimum absolute atomic E-state index is 0.256. The van der Waals surface area contributed by atoms with Gasteiger partial charge in [-0.15, -0.1) is 0 Å². The van der Waals surface area contributed by atoms with Gasteiger partial charge in [0.05, 0.1) is 11.5 Å². The molecule has 0 amide bonds. The Morgan fingerprint density at radius 2 is 2.00 bits per heavy atom. The minimum Gasteiger partial charge on any atom is -0.249 e. The molecule has 2 heterocycles. The first-order valence-electron chi connectivity index (χ1n) is 6.50. The number of rotatable bonds is 2. The zero-order valence-electron chi connectivity index (χ0n) is 11.4. The number of hydrogen-bond donors (Lipinski definition) is 0. The Morgan fingerprint density at radius 3 is 2.67 bits per heavy atom. The molecule has 1 aliphatic heterocycles. The van der Waals surface area contributed by atoms with Gasteiger partial charge in [0.1, 0.15) is 5.82 Å². The van der Waals surface area contributed by atoms with E-state index in [9.17, 15) is 8.42 Å². The summed E-state index contributed by atoms with van der Waals surface area (Å²) in [5.41, 5.74) is 1.85. The van der Waals surface area contributed by atoms with E-state index >= 15 is 0 Å². The highest BCUT2D eigenvalue weighted by Crippen LogP contribution is 2.34. The molecule has 0 N–H and O–H groups in total. The monoisotopic (exact) mass is 299 g/mol. The quantitative estimate of drug-likeness (QED) is 0.801. The molecule has 3 rings (SSSR count). The van der Waals surface area contributed by atoms with Gasteiger partial charge < -0.3 is 0 Å².